The van der Waals surface area contributed by atoms with Crippen molar-refractivity contribution in [3.8, 4) is 6.07 Å². The molecule has 150 valence electrons. The lowest BCUT2D eigenvalue weighted by Gasteiger charge is -2.10. The predicted octanol–water partition coefficient (Wildman–Crippen LogP) is 0.506. The highest BCUT2D eigenvalue weighted by Crippen LogP contribution is 2.15. The van der Waals surface area contributed by atoms with E-state index in [4.69, 9.17) is 10.8 Å². The van der Waals surface area contributed by atoms with Gasteiger partial charge in [-0.1, -0.05) is 12.1 Å². The number of pyridine rings is 1. The summed E-state index contributed by atoms with van der Waals surface area (Å²) in [6.45, 7) is 0. The van der Waals surface area contributed by atoms with Crippen LogP contribution >= 0.6 is 0 Å². The first-order valence-corrected chi connectivity index (χ1v) is 9.64. The molecule has 1 aliphatic heterocycles. The summed E-state index contributed by atoms with van der Waals surface area (Å²) in [5.41, 5.74) is 9.80. The Kier molecular flexibility index (Phi) is 4.57. The summed E-state index contributed by atoms with van der Waals surface area (Å²) in [5.74, 6) is 0.850. The van der Waals surface area contributed by atoms with Crippen molar-refractivity contribution in [1.82, 2.24) is 29.9 Å². The second kappa shape index (κ2) is 7.68. The lowest BCUT2D eigenvalue weighted by molar-refractivity contribution is 0.845. The van der Waals surface area contributed by atoms with Gasteiger partial charge >= 0.3 is 0 Å². The Morgan fingerprint density at radius 1 is 1.23 bits per heavy atom. The maximum Gasteiger partial charge on any atom is 0.198 e. The largest absolute Gasteiger partial charge is 0.381 e. The van der Waals surface area contributed by atoms with Crippen LogP contribution < -0.4 is 21.7 Å². The lowest BCUT2D eigenvalue weighted by atomic mass is 10.0. The maximum atomic E-state index is 9.34. The monoisotopic (exact) mass is 407 g/mol. The number of rotatable bonds is 2. The minimum Gasteiger partial charge on any atom is -0.381 e. The van der Waals surface area contributed by atoms with Crippen LogP contribution in [0, 0.1) is 11.3 Å². The Balaban J connectivity index is 1.82. The molecule has 5 rings (SSSR count). The second-order valence-electron chi connectivity index (χ2n) is 6.95. The molecule has 3 aromatic heterocycles. The quantitative estimate of drug-likeness (QED) is 0.633. The Bertz CT molecular complexity index is 1470. The molecule has 0 saturated carbocycles. The third-order valence-corrected chi connectivity index (χ3v) is 4.89. The lowest BCUT2D eigenvalue weighted by Crippen LogP contribution is -2.42. The number of nitriles is 1. The van der Waals surface area contributed by atoms with Gasteiger partial charge in [-0.15, -0.1) is 0 Å². The fourth-order valence-electron chi connectivity index (χ4n) is 3.51. The van der Waals surface area contributed by atoms with Gasteiger partial charge in [-0.25, -0.2) is 19.5 Å². The average molecular weight is 407 g/mol. The summed E-state index contributed by atoms with van der Waals surface area (Å²) < 4.78 is 1.70. The molecule has 1 aliphatic carbocycles. The Hall–Kier alpha value is -4.58. The molecule has 0 fully saturated rings. The van der Waals surface area contributed by atoms with Crippen molar-refractivity contribution < 1.29 is 0 Å². The van der Waals surface area contributed by atoms with Crippen molar-refractivity contribution in [3.05, 3.63) is 82.7 Å². The van der Waals surface area contributed by atoms with Crippen LogP contribution in [0.25, 0.3) is 16.9 Å². The average Bonchev–Trinajstić information content (AvgIpc) is 3.24. The summed E-state index contributed by atoms with van der Waals surface area (Å²) in [6, 6.07) is 7.90. The smallest absolute Gasteiger partial charge is 0.198 e. The van der Waals surface area contributed by atoms with Crippen LogP contribution in [0.15, 0.2) is 65.5 Å². The third-order valence-electron chi connectivity index (χ3n) is 4.89. The molecule has 3 N–H and O–H groups in total. The van der Waals surface area contributed by atoms with Crippen LogP contribution in [0.3, 0.4) is 0 Å². The standard InChI is InChI=1S/C22H17N9/c23-12-14-4-3-5-15(10-14)19-20(17-7-9-25-13-27-17)31-22(21(24)29-19)28-18(30-31)11-16-6-1-2-8-26-16/h1-4,6-10,13H,5,11H2,(H2,24,29)(H,25,27). The summed E-state index contributed by atoms with van der Waals surface area (Å²) >= 11 is 0. The highest BCUT2D eigenvalue weighted by atomic mass is 15.3. The summed E-state index contributed by atoms with van der Waals surface area (Å²) in [6.07, 6.45) is 13.5. The number of nitrogens with one attached hydrogen (secondary N) is 1. The number of allylic oxidation sites excluding steroid dienone is 4. The van der Waals surface area contributed by atoms with Gasteiger partial charge in [0.2, 0.25) is 0 Å². The minimum atomic E-state index is 0.265. The highest BCUT2D eigenvalue weighted by Gasteiger charge is 2.15. The molecule has 0 amide bonds. The fourth-order valence-corrected chi connectivity index (χ4v) is 3.51. The van der Waals surface area contributed by atoms with E-state index in [9.17, 15) is 5.26 Å². The zero-order valence-corrected chi connectivity index (χ0v) is 16.4. The maximum absolute atomic E-state index is 9.34. The molecule has 2 aliphatic rings. The van der Waals surface area contributed by atoms with Gasteiger partial charge in [0.1, 0.15) is 5.35 Å². The number of hydrogen-bond donors (Lipinski definition) is 2. The van der Waals surface area contributed by atoms with E-state index in [0.717, 1.165) is 17.0 Å². The molecule has 0 unspecified atom stereocenters. The summed E-state index contributed by atoms with van der Waals surface area (Å²) in [5, 5.41) is 18.6. The molecule has 9 nitrogen and oxygen atoms in total. The van der Waals surface area contributed by atoms with Gasteiger partial charge < -0.3 is 11.1 Å². The van der Waals surface area contributed by atoms with Gasteiger partial charge in [0, 0.05) is 18.1 Å². The summed E-state index contributed by atoms with van der Waals surface area (Å²) in [7, 11) is 0. The number of aliphatic imine (C=N–C) groups is 1. The molecule has 0 spiro atoms. The minimum absolute atomic E-state index is 0.265. The molecule has 31 heavy (non-hydrogen) atoms. The van der Waals surface area contributed by atoms with E-state index >= 15 is 0 Å². The van der Waals surface area contributed by atoms with Crippen LogP contribution in [0.2, 0.25) is 0 Å². The van der Waals surface area contributed by atoms with E-state index < -0.39 is 0 Å². The van der Waals surface area contributed by atoms with Gasteiger partial charge in [0.25, 0.3) is 0 Å². The first-order valence-electron chi connectivity index (χ1n) is 9.64. The van der Waals surface area contributed by atoms with Gasteiger partial charge in [-0.2, -0.15) is 10.4 Å². The Labute approximate surface area is 177 Å². The van der Waals surface area contributed by atoms with E-state index in [2.05, 4.69) is 31.3 Å². The molecular weight excluding hydrogens is 390 g/mol. The molecule has 0 bridgehead atoms. The van der Waals surface area contributed by atoms with Crippen molar-refractivity contribution in [3.63, 3.8) is 0 Å². The first kappa shape index (κ1) is 18.4. The van der Waals surface area contributed by atoms with E-state index in [0.29, 0.717) is 40.6 Å². The molecule has 0 saturated heterocycles. The van der Waals surface area contributed by atoms with Crippen LogP contribution in [0.1, 0.15) is 17.9 Å². The molecule has 4 heterocycles. The zero-order valence-electron chi connectivity index (χ0n) is 16.4. The highest BCUT2D eigenvalue weighted by molar-refractivity contribution is 5.76. The number of anilines is 1. The van der Waals surface area contributed by atoms with Gasteiger partial charge in [0.05, 0.1) is 35.4 Å². The third kappa shape index (κ3) is 3.47. The van der Waals surface area contributed by atoms with Crippen LogP contribution in [0.4, 0.5) is 5.82 Å². The normalized spacial score (nSPS) is 18.6. The van der Waals surface area contributed by atoms with E-state index in [-0.39, 0.29) is 5.82 Å². The second-order valence-corrected chi connectivity index (χ2v) is 6.95. The van der Waals surface area contributed by atoms with Gasteiger partial charge in [0.15, 0.2) is 17.3 Å². The molecule has 0 atom stereocenters. The Morgan fingerprint density at radius 3 is 2.94 bits per heavy atom. The number of nitrogen functional groups attached to an aromatic ring is 1. The molecule has 0 aromatic carbocycles. The van der Waals surface area contributed by atoms with Crippen molar-refractivity contribution >= 4 is 29.1 Å². The topological polar surface area (TPSA) is 130 Å². The number of aromatic nitrogens is 5. The number of fused-ring (bicyclic) bond motifs is 1. The van der Waals surface area contributed by atoms with Gasteiger partial charge in [-0.3, -0.25) is 4.98 Å². The zero-order chi connectivity index (χ0) is 21.2. The number of nitrogens with zero attached hydrogens (tertiary/aromatic N) is 7. The van der Waals surface area contributed by atoms with E-state index in [1.807, 2.05) is 36.4 Å². The van der Waals surface area contributed by atoms with Crippen LogP contribution in [-0.4, -0.2) is 30.9 Å². The number of hydrogen-bond acceptors (Lipinski definition) is 8. The molecular formula is C22H17N9. The predicted molar refractivity (Wildman–Crippen MR) is 117 cm³/mol. The van der Waals surface area contributed by atoms with Crippen molar-refractivity contribution in [1.29, 1.82) is 5.26 Å². The van der Waals surface area contributed by atoms with Gasteiger partial charge in [-0.05, 0) is 42.4 Å². The molecule has 0 radical (unpaired) electrons. The van der Waals surface area contributed by atoms with E-state index in [1.54, 1.807) is 29.3 Å². The Morgan fingerprint density at radius 2 is 2.16 bits per heavy atom. The van der Waals surface area contributed by atoms with Crippen molar-refractivity contribution in [2.75, 3.05) is 5.73 Å². The SMILES string of the molecule is N#CC1=CC(=c2nc(N)c3nc(Cc4ccccn4)nn3c2=C2C=CN=CN2)CC=C1. The molecule has 9 heteroatoms. The first-order chi connectivity index (χ1) is 15.2. The number of nitrogens with two attached hydrogens (primary N) is 1. The summed E-state index contributed by atoms with van der Waals surface area (Å²) in [4.78, 5) is 17.7. The van der Waals surface area contributed by atoms with Crippen LogP contribution in [0.5, 0.6) is 0 Å². The van der Waals surface area contributed by atoms with E-state index in [1.165, 1.54) is 0 Å². The fraction of sp³-hybridized carbons (Fsp3) is 0.0909. The molecule has 3 aromatic rings. The van der Waals surface area contributed by atoms with Crippen molar-refractivity contribution in [2.24, 2.45) is 4.99 Å². The van der Waals surface area contributed by atoms with Crippen LogP contribution in [-0.2, 0) is 6.42 Å². The van der Waals surface area contributed by atoms with Crippen molar-refractivity contribution in [2.45, 2.75) is 12.8 Å².